The Hall–Kier alpha value is -3.32. The van der Waals surface area contributed by atoms with Crippen molar-refractivity contribution in [2.75, 3.05) is 5.73 Å². The van der Waals surface area contributed by atoms with Crippen LogP contribution >= 0.6 is 11.6 Å². The van der Waals surface area contributed by atoms with Crippen LogP contribution in [0.1, 0.15) is 36.8 Å². The topological polar surface area (TPSA) is 122 Å². The quantitative estimate of drug-likeness (QED) is 0.616. The Labute approximate surface area is 145 Å². The molecule has 0 spiro atoms. The van der Waals surface area contributed by atoms with Gasteiger partial charge in [-0.05, 0) is 36.4 Å². The first-order chi connectivity index (χ1) is 11.8. The van der Waals surface area contributed by atoms with Crippen molar-refractivity contribution in [1.29, 1.82) is 0 Å². The lowest BCUT2D eigenvalue weighted by Gasteiger charge is -2.05. The maximum Gasteiger partial charge on any atom is 0.338 e. The number of carboxylic acids is 2. The summed E-state index contributed by atoms with van der Waals surface area (Å²) in [5.74, 6) is -3.62. The summed E-state index contributed by atoms with van der Waals surface area (Å²) in [4.78, 5) is 36.2. The normalized spacial score (nSPS) is 10.8. The summed E-state index contributed by atoms with van der Waals surface area (Å²) in [5.41, 5.74) is 4.80. The lowest BCUT2D eigenvalue weighted by atomic mass is 10.0. The van der Waals surface area contributed by atoms with E-state index in [9.17, 15) is 24.6 Å². The molecule has 0 aliphatic rings. The number of halogens is 1. The van der Waals surface area contributed by atoms with E-state index in [0.717, 1.165) is 0 Å². The fourth-order valence-electron chi connectivity index (χ4n) is 2.66. The van der Waals surface area contributed by atoms with Crippen molar-refractivity contribution >= 4 is 40.5 Å². The predicted molar refractivity (Wildman–Crippen MR) is 90.6 cm³/mol. The van der Waals surface area contributed by atoms with Crippen LogP contribution in [0.4, 0.5) is 5.69 Å². The number of nitrogens with two attached hydrogens (primary N) is 1. The van der Waals surface area contributed by atoms with Gasteiger partial charge in [-0.3, -0.25) is 4.79 Å². The number of carbonyl (C=O) groups excluding carboxylic acids is 1. The van der Waals surface area contributed by atoms with Crippen LogP contribution in [-0.2, 0) is 0 Å². The minimum Gasteiger partial charge on any atom is -0.478 e. The number of ketones is 1. The summed E-state index contributed by atoms with van der Waals surface area (Å²) >= 11 is 5.80. The number of carbonyl (C=O) groups is 3. The van der Waals surface area contributed by atoms with Gasteiger partial charge in [-0.25, -0.2) is 9.59 Å². The zero-order chi connectivity index (χ0) is 18.3. The molecule has 0 saturated carbocycles. The first-order valence-corrected chi connectivity index (χ1v) is 7.39. The minimum absolute atomic E-state index is 0.0298. The van der Waals surface area contributed by atoms with E-state index in [0.29, 0.717) is 5.02 Å². The summed E-state index contributed by atoms with van der Waals surface area (Å²) in [7, 11) is 0. The molecule has 2 aromatic heterocycles. The van der Waals surface area contributed by atoms with Gasteiger partial charge in [-0.15, -0.1) is 0 Å². The number of hydrogen-bond donors (Lipinski definition) is 3. The van der Waals surface area contributed by atoms with Crippen molar-refractivity contribution in [2.45, 2.75) is 0 Å². The third-order valence-corrected chi connectivity index (χ3v) is 3.96. The first-order valence-electron chi connectivity index (χ1n) is 7.01. The number of aromatic nitrogens is 1. The second-order valence-corrected chi connectivity index (χ2v) is 5.70. The monoisotopic (exact) mass is 358 g/mol. The molecule has 0 bridgehead atoms. The van der Waals surface area contributed by atoms with E-state index in [2.05, 4.69) is 0 Å². The number of nitrogen functional groups attached to an aromatic ring is 1. The predicted octanol–water partition coefficient (Wildman–Crippen LogP) is 2.80. The van der Waals surface area contributed by atoms with E-state index in [1.165, 1.54) is 47.0 Å². The molecule has 1 aromatic carbocycles. The van der Waals surface area contributed by atoms with Gasteiger partial charge in [0.1, 0.15) is 16.8 Å². The summed E-state index contributed by atoms with van der Waals surface area (Å²) in [6, 6.07) is 8.61. The number of pyridine rings is 1. The second kappa shape index (κ2) is 5.95. The van der Waals surface area contributed by atoms with Gasteiger partial charge in [0.25, 0.3) is 0 Å². The van der Waals surface area contributed by atoms with Crippen molar-refractivity contribution in [3.63, 3.8) is 0 Å². The molecule has 0 atom stereocenters. The number of carboxylic acid groups (broad SMARTS) is 2. The van der Waals surface area contributed by atoms with E-state index >= 15 is 0 Å². The summed E-state index contributed by atoms with van der Waals surface area (Å²) in [6.07, 6.45) is 1.37. The molecule has 8 heteroatoms. The molecule has 2 heterocycles. The molecule has 0 radical (unpaired) electrons. The molecule has 3 aromatic rings. The number of anilines is 1. The third-order valence-electron chi connectivity index (χ3n) is 3.71. The van der Waals surface area contributed by atoms with Gasteiger partial charge < -0.3 is 20.3 Å². The standard InChI is InChI=1S/C17H11ClN2O5/c18-9-3-1-8(2-4-9)15(21)14-13(17(24)25)12(16(22)23)11-7-10(19)5-6-20(11)14/h1-7H,19H2,(H,22,23)(H,24,25). The van der Waals surface area contributed by atoms with Crippen LogP contribution in [0.2, 0.25) is 5.02 Å². The van der Waals surface area contributed by atoms with Crippen molar-refractivity contribution < 1.29 is 24.6 Å². The van der Waals surface area contributed by atoms with E-state index in [1.54, 1.807) is 0 Å². The molecule has 0 aliphatic carbocycles. The van der Waals surface area contributed by atoms with E-state index < -0.39 is 28.8 Å². The van der Waals surface area contributed by atoms with Gasteiger partial charge in [0, 0.05) is 22.5 Å². The molecule has 0 fully saturated rings. The highest BCUT2D eigenvalue weighted by Crippen LogP contribution is 2.28. The number of benzene rings is 1. The maximum atomic E-state index is 12.9. The Morgan fingerprint density at radius 2 is 1.56 bits per heavy atom. The molecule has 7 nitrogen and oxygen atoms in total. The van der Waals surface area contributed by atoms with Gasteiger partial charge in [-0.2, -0.15) is 0 Å². The van der Waals surface area contributed by atoms with E-state index in [1.807, 2.05) is 0 Å². The van der Waals surface area contributed by atoms with Crippen LogP contribution in [0.15, 0.2) is 42.6 Å². The van der Waals surface area contributed by atoms with Crippen molar-refractivity contribution in [3.8, 4) is 0 Å². The van der Waals surface area contributed by atoms with E-state index in [4.69, 9.17) is 17.3 Å². The number of nitrogens with zero attached hydrogens (tertiary/aromatic N) is 1. The molecule has 25 heavy (non-hydrogen) atoms. The number of fused-ring (bicyclic) bond motifs is 1. The summed E-state index contributed by atoms with van der Waals surface area (Å²) < 4.78 is 1.22. The average Bonchev–Trinajstić information content (AvgIpc) is 2.89. The Kier molecular flexibility index (Phi) is 3.94. The highest BCUT2D eigenvalue weighted by molar-refractivity contribution is 6.30. The minimum atomic E-state index is -1.52. The maximum absolute atomic E-state index is 12.9. The Bertz CT molecular complexity index is 1040. The van der Waals surface area contributed by atoms with Crippen LogP contribution < -0.4 is 5.73 Å². The molecule has 126 valence electrons. The zero-order valence-corrected chi connectivity index (χ0v) is 13.3. The molecule has 4 N–H and O–H groups in total. The Balaban J connectivity index is 2.39. The number of hydrogen-bond acceptors (Lipinski definition) is 4. The highest BCUT2D eigenvalue weighted by atomic mass is 35.5. The zero-order valence-electron chi connectivity index (χ0n) is 12.6. The lowest BCUT2D eigenvalue weighted by molar-refractivity contribution is 0.0652. The largest absolute Gasteiger partial charge is 0.478 e. The number of rotatable bonds is 4. The molecule has 0 unspecified atom stereocenters. The SMILES string of the molecule is Nc1ccn2c(C(=O)c3ccc(Cl)cc3)c(C(=O)O)c(C(=O)O)c2c1. The summed E-state index contributed by atoms with van der Waals surface area (Å²) in [5, 5.41) is 19.4. The fraction of sp³-hybridized carbons (Fsp3) is 0. The molecular formula is C17H11ClN2O5. The van der Waals surface area contributed by atoms with Gasteiger partial charge in [0.05, 0.1) is 5.52 Å². The van der Waals surface area contributed by atoms with Crippen LogP contribution in [0.25, 0.3) is 5.52 Å². The molecule has 0 saturated heterocycles. The van der Waals surface area contributed by atoms with Gasteiger partial charge in [0.2, 0.25) is 5.78 Å². The Morgan fingerprint density at radius 3 is 2.12 bits per heavy atom. The van der Waals surface area contributed by atoms with Crippen molar-refractivity contribution in [3.05, 3.63) is 70.0 Å². The first kappa shape index (κ1) is 16.5. The van der Waals surface area contributed by atoms with Crippen molar-refractivity contribution in [2.24, 2.45) is 0 Å². The summed E-state index contributed by atoms with van der Waals surface area (Å²) in [6.45, 7) is 0. The van der Waals surface area contributed by atoms with Crippen LogP contribution in [-0.4, -0.2) is 32.3 Å². The third kappa shape index (κ3) is 2.70. The van der Waals surface area contributed by atoms with Crippen LogP contribution in [0.3, 0.4) is 0 Å². The van der Waals surface area contributed by atoms with E-state index in [-0.39, 0.29) is 22.5 Å². The lowest BCUT2D eigenvalue weighted by Crippen LogP contribution is -2.13. The molecular weight excluding hydrogens is 348 g/mol. The fourth-order valence-corrected chi connectivity index (χ4v) is 2.78. The Morgan fingerprint density at radius 1 is 0.960 bits per heavy atom. The number of aromatic carboxylic acids is 2. The van der Waals surface area contributed by atoms with Crippen molar-refractivity contribution in [1.82, 2.24) is 4.40 Å². The molecule has 0 aliphatic heterocycles. The average molecular weight is 359 g/mol. The van der Waals surface area contributed by atoms with Gasteiger partial charge >= 0.3 is 11.9 Å². The highest BCUT2D eigenvalue weighted by Gasteiger charge is 2.31. The second-order valence-electron chi connectivity index (χ2n) is 5.26. The van der Waals surface area contributed by atoms with Gasteiger partial charge in [0.15, 0.2) is 0 Å². The van der Waals surface area contributed by atoms with Crippen LogP contribution in [0.5, 0.6) is 0 Å². The smallest absolute Gasteiger partial charge is 0.338 e. The van der Waals surface area contributed by atoms with Crippen LogP contribution in [0, 0.1) is 0 Å². The molecule has 3 rings (SSSR count). The molecule has 0 amide bonds. The van der Waals surface area contributed by atoms with Gasteiger partial charge in [-0.1, -0.05) is 11.6 Å².